The molecule has 0 aliphatic heterocycles. The van der Waals surface area contributed by atoms with Gasteiger partial charge in [0.1, 0.15) is 16.5 Å². The highest BCUT2D eigenvalue weighted by Crippen LogP contribution is 2.40. The van der Waals surface area contributed by atoms with Gasteiger partial charge in [-0.1, -0.05) is 12.1 Å². The number of carboxylic acids is 1. The zero-order chi connectivity index (χ0) is 16.0. The van der Waals surface area contributed by atoms with Crippen molar-refractivity contribution < 1.29 is 18.7 Å². The number of aromatic carboxylic acids is 1. The van der Waals surface area contributed by atoms with Crippen LogP contribution in [0.2, 0.25) is 0 Å². The van der Waals surface area contributed by atoms with Gasteiger partial charge in [-0.05, 0) is 37.1 Å². The van der Waals surface area contributed by atoms with Crippen LogP contribution in [0.15, 0.2) is 30.3 Å². The van der Waals surface area contributed by atoms with E-state index in [0.29, 0.717) is 10.9 Å². The van der Waals surface area contributed by atoms with Crippen molar-refractivity contribution in [3.8, 4) is 11.1 Å². The summed E-state index contributed by atoms with van der Waals surface area (Å²) < 4.78 is 28.5. The Balaban J connectivity index is 2.41. The van der Waals surface area contributed by atoms with Gasteiger partial charge in [-0.3, -0.25) is 0 Å². The second-order valence-corrected chi connectivity index (χ2v) is 6.24. The summed E-state index contributed by atoms with van der Waals surface area (Å²) in [7, 11) is 0. The SMILES string of the molecule is Cc1ccc2c(-c3cc(C)c(F)cc3F)c(C(=O)O)sc2c1. The van der Waals surface area contributed by atoms with E-state index in [1.807, 2.05) is 19.1 Å². The monoisotopic (exact) mass is 318 g/mol. The number of carbonyl (C=O) groups is 1. The van der Waals surface area contributed by atoms with Crippen LogP contribution in [-0.2, 0) is 0 Å². The van der Waals surface area contributed by atoms with E-state index in [4.69, 9.17) is 0 Å². The van der Waals surface area contributed by atoms with Gasteiger partial charge in [-0.15, -0.1) is 11.3 Å². The third-order valence-corrected chi connectivity index (χ3v) is 4.70. The second-order valence-electron chi connectivity index (χ2n) is 5.19. The summed E-state index contributed by atoms with van der Waals surface area (Å²) >= 11 is 1.10. The van der Waals surface area contributed by atoms with Crippen LogP contribution in [0.25, 0.3) is 21.2 Å². The highest BCUT2D eigenvalue weighted by Gasteiger charge is 2.22. The molecule has 1 heterocycles. The molecule has 0 radical (unpaired) electrons. The van der Waals surface area contributed by atoms with Gasteiger partial charge in [-0.25, -0.2) is 13.6 Å². The van der Waals surface area contributed by atoms with Crippen molar-refractivity contribution in [3.63, 3.8) is 0 Å². The molecule has 0 bridgehead atoms. The molecule has 0 aliphatic rings. The van der Waals surface area contributed by atoms with Crippen LogP contribution in [0.1, 0.15) is 20.8 Å². The third-order valence-electron chi connectivity index (χ3n) is 3.56. The molecule has 0 aliphatic carbocycles. The minimum absolute atomic E-state index is 0.0607. The van der Waals surface area contributed by atoms with E-state index in [1.165, 1.54) is 13.0 Å². The first-order valence-corrected chi connectivity index (χ1v) is 7.42. The first kappa shape index (κ1) is 14.7. The van der Waals surface area contributed by atoms with Crippen molar-refractivity contribution in [1.29, 1.82) is 0 Å². The van der Waals surface area contributed by atoms with Crippen molar-refractivity contribution >= 4 is 27.4 Å². The predicted molar refractivity (Wildman–Crippen MR) is 83.6 cm³/mol. The lowest BCUT2D eigenvalue weighted by atomic mass is 9.98. The van der Waals surface area contributed by atoms with Gasteiger partial charge in [0.2, 0.25) is 0 Å². The Morgan fingerprint density at radius 2 is 1.82 bits per heavy atom. The molecule has 0 fully saturated rings. The van der Waals surface area contributed by atoms with Gasteiger partial charge in [0.05, 0.1) is 0 Å². The summed E-state index contributed by atoms with van der Waals surface area (Å²) in [6.07, 6.45) is 0. The van der Waals surface area contributed by atoms with E-state index in [1.54, 1.807) is 6.07 Å². The fourth-order valence-corrected chi connectivity index (χ4v) is 3.62. The highest BCUT2D eigenvalue weighted by atomic mass is 32.1. The molecule has 2 nitrogen and oxygen atoms in total. The van der Waals surface area contributed by atoms with E-state index in [0.717, 1.165) is 27.7 Å². The number of benzene rings is 2. The van der Waals surface area contributed by atoms with Crippen LogP contribution < -0.4 is 0 Å². The Kier molecular flexibility index (Phi) is 3.45. The van der Waals surface area contributed by atoms with Gasteiger partial charge < -0.3 is 5.11 Å². The molecule has 0 amide bonds. The van der Waals surface area contributed by atoms with Crippen molar-refractivity contribution in [2.24, 2.45) is 0 Å². The first-order valence-electron chi connectivity index (χ1n) is 6.61. The molecule has 3 rings (SSSR count). The maximum atomic E-state index is 14.2. The molecule has 0 saturated heterocycles. The average molecular weight is 318 g/mol. The summed E-state index contributed by atoms with van der Waals surface area (Å²) in [4.78, 5) is 11.6. The summed E-state index contributed by atoms with van der Waals surface area (Å²) in [6.45, 7) is 3.43. The fourth-order valence-electron chi connectivity index (χ4n) is 2.47. The largest absolute Gasteiger partial charge is 0.477 e. The Hall–Kier alpha value is -2.27. The Morgan fingerprint density at radius 3 is 2.50 bits per heavy atom. The van der Waals surface area contributed by atoms with Gasteiger partial charge in [0.15, 0.2) is 0 Å². The molecule has 22 heavy (non-hydrogen) atoms. The summed E-state index contributed by atoms with van der Waals surface area (Å²) in [5, 5.41) is 10.1. The molecule has 1 N–H and O–H groups in total. The first-order chi connectivity index (χ1) is 10.4. The zero-order valence-corrected chi connectivity index (χ0v) is 12.7. The Labute approximate surface area is 129 Å². The van der Waals surface area contributed by atoms with Crippen LogP contribution in [0, 0.1) is 25.5 Å². The van der Waals surface area contributed by atoms with Crippen LogP contribution in [0.3, 0.4) is 0 Å². The number of hydrogen-bond donors (Lipinski definition) is 1. The maximum absolute atomic E-state index is 14.2. The number of fused-ring (bicyclic) bond motifs is 1. The topological polar surface area (TPSA) is 37.3 Å². The fraction of sp³-hybridized carbons (Fsp3) is 0.118. The Morgan fingerprint density at radius 1 is 1.09 bits per heavy atom. The molecule has 1 aromatic heterocycles. The lowest BCUT2D eigenvalue weighted by Crippen LogP contribution is -1.97. The molecule has 2 aromatic carbocycles. The van der Waals surface area contributed by atoms with Gasteiger partial charge in [-0.2, -0.15) is 0 Å². The molecule has 3 aromatic rings. The van der Waals surface area contributed by atoms with E-state index in [9.17, 15) is 18.7 Å². The Bertz CT molecular complexity index is 913. The van der Waals surface area contributed by atoms with Gasteiger partial charge in [0, 0.05) is 27.3 Å². The molecular weight excluding hydrogens is 306 g/mol. The quantitative estimate of drug-likeness (QED) is 0.708. The molecule has 5 heteroatoms. The van der Waals surface area contributed by atoms with Crippen molar-refractivity contribution in [3.05, 3.63) is 58.0 Å². The number of rotatable bonds is 2. The zero-order valence-electron chi connectivity index (χ0n) is 11.9. The molecule has 0 atom stereocenters. The maximum Gasteiger partial charge on any atom is 0.346 e. The number of halogens is 2. The minimum atomic E-state index is -1.12. The van der Waals surface area contributed by atoms with E-state index in [-0.39, 0.29) is 16.0 Å². The van der Waals surface area contributed by atoms with Crippen molar-refractivity contribution in [2.75, 3.05) is 0 Å². The number of thiophene rings is 1. The molecular formula is C17H12F2O2S. The van der Waals surface area contributed by atoms with E-state index in [2.05, 4.69) is 0 Å². The van der Waals surface area contributed by atoms with Crippen molar-refractivity contribution in [2.45, 2.75) is 13.8 Å². The molecule has 0 spiro atoms. The third kappa shape index (κ3) is 2.27. The molecule has 0 saturated carbocycles. The van der Waals surface area contributed by atoms with E-state index < -0.39 is 17.6 Å². The van der Waals surface area contributed by atoms with Crippen LogP contribution in [0.4, 0.5) is 8.78 Å². The normalized spacial score (nSPS) is 11.1. The summed E-state index contributed by atoms with van der Waals surface area (Å²) in [5.41, 5.74) is 1.70. The van der Waals surface area contributed by atoms with Gasteiger partial charge >= 0.3 is 5.97 Å². The van der Waals surface area contributed by atoms with Crippen LogP contribution >= 0.6 is 11.3 Å². The summed E-state index contributed by atoms with van der Waals surface area (Å²) in [5.74, 6) is -2.52. The molecule has 112 valence electrons. The second kappa shape index (κ2) is 5.18. The number of hydrogen-bond acceptors (Lipinski definition) is 2. The van der Waals surface area contributed by atoms with E-state index >= 15 is 0 Å². The minimum Gasteiger partial charge on any atom is -0.477 e. The summed E-state index contributed by atoms with van der Waals surface area (Å²) in [6, 6.07) is 7.65. The number of aryl methyl sites for hydroxylation is 2. The highest BCUT2D eigenvalue weighted by molar-refractivity contribution is 7.21. The average Bonchev–Trinajstić information content (AvgIpc) is 2.81. The smallest absolute Gasteiger partial charge is 0.346 e. The van der Waals surface area contributed by atoms with Crippen molar-refractivity contribution in [1.82, 2.24) is 0 Å². The van der Waals surface area contributed by atoms with Crippen LogP contribution in [-0.4, -0.2) is 11.1 Å². The standard InChI is InChI=1S/C17H12F2O2S/c1-8-3-4-10-14(5-8)22-16(17(20)21)15(10)11-6-9(2)12(18)7-13(11)19/h3-7H,1-2H3,(H,20,21). The lowest BCUT2D eigenvalue weighted by Gasteiger charge is -2.07. The lowest BCUT2D eigenvalue weighted by molar-refractivity contribution is 0.0703. The van der Waals surface area contributed by atoms with Gasteiger partial charge in [0.25, 0.3) is 0 Å². The van der Waals surface area contributed by atoms with Crippen LogP contribution in [0.5, 0.6) is 0 Å². The predicted octanol–water partition coefficient (Wildman–Crippen LogP) is 5.16. The number of carboxylic acid groups (broad SMARTS) is 1. The molecule has 0 unspecified atom stereocenters.